The monoisotopic (exact) mass is 303 g/mol. The van der Waals surface area contributed by atoms with Crippen LogP contribution >= 0.6 is 0 Å². The number of ether oxygens (including phenoxy) is 1. The lowest BCUT2D eigenvalue weighted by atomic mass is 10.1. The highest BCUT2D eigenvalue weighted by Gasteiger charge is 2.02. The first-order valence-corrected chi connectivity index (χ1v) is 7.56. The zero-order chi connectivity index (χ0) is 16.1. The molecular formula is C20H17NO2. The fraction of sp³-hybridized carbons (Fsp3) is 0.100. The molecule has 1 aromatic heterocycles. The summed E-state index contributed by atoms with van der Waals surface area (Å²) in [5.74, 6) is 0.730. The van der Waals surface area contributed by atoms with Crippen LogP contribution in [0.25, 0.3) is 17.0 Å². The summed E-state index contributed by atoms with van der Waals surface area (Å²) in [4.78, 5) is 16.6. The van der Waals surface area contributed by atoms with Crippen LogP contribution in [0.1, 0.15) is 22.8 Å². The number of hydrogen-bond donors (Lipinski definition) is 0. The Morgan fingerprint density at radius 1 is 1.13 bits per heavy atom. The van der Waals surface area contributed by atoms with E-state index in [0.29, 0.717) is 12.2 Å². The van der Waals surface area contributed by atoms with Gasteiger partial charge in [0.25, 0.3) is 0 Å². The van der Waals surface area contributed by atoms with Crippen molar-refractivity contribution in [1.82, 2.24) is 4.98 Å². The molecule has 2 aromatic carbocycles. The average molecular weight is 303 g/mol. The first kappa shape index (κ1) is 15.0. The SMILES string of the molecule is CCOc1ccc(C(=O)/C=C/c2cnc3ccccc3c2)cc1. The molecule has 23 heavy (non-hydrogen) atoms. The van der Waals surface area contributed by atoms with Crippen molar-refractivity contribution in [1.29, 1.82) is 0 Å². The summed E-state index contributed by atoms with van der Waals surface area (Å²) in [5, 5.41) is 1.06. The highest BCUT2D eigenvalue weighted by Crippen LogP contribution is 2.15. The predicted octanol–water partition coefficient (Wildman–Crippen LogP) is 4.53. The van der Waals surface area contributed by atoms with E-state index in [9.17, 15) is 4.79 Å². The lowest BCUT2D eigenvalue weighted by Gasteiger charge is -2.03. The molecule has 0 aliphatic rings. The molecule has 0 amide bonds. The number of carbonyl (C=O) groups is 1. The van der Waals surface area contributed by atoms with Crippen molar-refractivity contribution in [2.24, 2.45) is 0 Å². The van der Waals surface area contributed by atoms with Gasteiger partial charge in [-0.3, -0.25) is 9.78 Å². The fourth-order valence-electron chi connectivity index (χ4n) is 2.33. The van der Waals surface area contributed by atoms with Crippen molar-refractivity contribution in [3.8, 4) is 5.75 Å². The van der Waals surface area contributed by atoms with Gasteiger partial charge in [0.1, 0.15) is 5.75 Å². The number of pyridine rings is 1. The average Bonchev–Trinajstić information content (AvgIpc) is 2.60. The Hall–Kier alpha value is -2.94. The van der Waals surface area contributed by atoms with Crippen LogP contribution in [-0.2, 0) is 0 Å². The molecule has 3 nitrogen and oxygen atoms in total. The number of fused-ring (bicyclic) bond motifs is 1. The third-order valence-corrected chi connectivity index (χ3v) is 3.49. The van der Waals surface area contributed by atoms with E-state index in [2.05, 4.69) is 4.98 Å². The van der Waals surface area contributed by atoms with E-state index in [0.717, 1.165) is 22.2 Å². The van der Waals surface area contributed by atoms with Crippen molar-refractivity contribution in [2.75, 3.05) is 6.61 Å². The highest BCUT2D eigenvalue weighted by atomic mass is 16.5. The summed E-state index contributed by atoms with van der Waals surface area (Å²) in [6.07, 6.45) is 5.13. The predicted molar refractivity (Wildman–Crippen MR) is 92.7 cm³/mol. The first-order chi connectivity index (χ1) is 11.3. The van der Waals surface area contributed by atoms with Gasteiger partial charge < -0.3 is 4.74 Å². The molecule has 0 aliphatic carbocycles. The van der Waals surface area contributed by atoms with Crippen molar-refractivity contribution >= 4 is 22.8 Å². The largest absolute Gasteiger partial charge is 0.494 e. The summed E-state index contributed by atoms with van der Waals surface area (Å²) < 4.78 is 5.37. The van der Waals surface area contributed by atoms with Crippen LogP contribution < -0.4 is 4.74 Å². The van der Waals surface area contributed by atoms with Gasteiger partial charge in [-0.05, 0) is 61.0 Å². The molecule has 0 aliphatic heterocycles. The van der Waals surface area contributed by atoms with E-state index in [-0.39, 0.29) is 5.78 Å². The maximum Gasteiger partial charge on any atom is 0.185 e. The Bertz CT molecular complexity index is 851. The molecule has 0 unspecified atom stereocenters. The maximum atomic E-state index is 12.2. The summed E-state index contributed by atoms with van der Waals surface area (Å²) >= 11 is 0. The molecule has 0 saturated heterocycles. The van der Waals surface area contributed by atoms with Gasteiger partial charge in [0.2, 0.25) is 0 Å². The van der Waals surface area contributed by atoms with Gasteiger partial charge in [0.05, 0.1) is 12.1 Å². The Morgan fingerprint density at radius 2 is 1.91 bits per heavy atom. The second-order valence-electron chi connectivity index (χ2n) is 5.12. The fourth-order valence-corrected chi connectivity index (χ4v) is 2.33. The van der Waals surface area contributed by atoms with Crippen LogP contribution in [0.4, 0.5) is 0 Å². The van der Waals surface area contributed by atoms with Crippen LogP contribution in [0.3, 0.4) is 0 Å². The van der Waals surface area contributed by atoms with E-state index in [1.54, 1.807) is 30.5 Å². The standard InChI is InChI=1S/C20H17NO2/c1-2-23-18-10-8-16(9-11-18)20(22)12-7-15-13-17-5-3-4-6-19(17)21-14-15/h3-14H,2H2,1H3/b12-7+. The smallest absolute Gasteiger partial charge is 0.185 e. The number of nitrogens with zero attached hydrogens (tertiary/aromatic N) is 1. The van der Waals surface area contributed by atoms with Gasteiger partial charge in [0, 0.05) is 17.1 Å². The minimum atomic E-state index is -0.0405. The van der Waals surface area contributed by atoms with Gasteiger partial charge in [0.15, 0.2) is 5.78 Å². The number of hydrogen-bond acceptors (Lipinski definition) is 3. The number of ketones is 1. The number of aromatic nitrogens is 1. The van der Waals surface area contributed by atoms with Gasteiger partial charge in [-0.2, -0.15) is 0 Å². The third kappa shape index (κ3) is 3.64. The first-order valence-electron chi connectivity index (χ1n) is 7.56. The molecule has 3 aromatic rings. The molecule has 114 valence electrons. The Labute approximate surface area is 135 Å². The minimum absolute atomic E-state index is 0.0405. The lowest BCUT2D eigenvalue weighted by molar-refractivity contribution is 0.104. The van der Waals surface area contributed by atoms with Crippen LogP contribution in [-0.4, -0.2) is 17.4 Å². The number of para-hydroxylation sites is 1. The van der Waals surface area contributed by atoms with E-state index in [1.165, 1.54) is 0 Å². The van der Waals surface area contributed by atoms with Crippen molar-refractivity contribution in [3.63, 3.8) is 0 Å². The molecule has 0 spiro atoms. The maximum absolute atomic E-state index is 12.2. The van der Waals surface area contributed by atoms with Crippen LogP contribution in [0.5, 0.6) is 5.75 Å². The van der Waals surface area contributed by atoms with Gasteiger partial charge in [-0.25, -0.2) is 0 Å². The molecular weight excluding hydrogens is 286 g/mol. The summed E-state index contributed by atoms with van der Waals surface area (Å²) in [6.45, 7) is 2.54. The molecule has 3 heteroatoms. The zero-order valence-electron chi connectivity index (χ0n) is 12.9. The Morgan fingerprint density at radius 3 is 2.70 bits per heavy atom. The number of carbonyl (C=O) groups excluding carboxylic acids is 1. The number of rotatable bonds is 5. The molecule has 0 N–H and O–H groups in total. The topological polar surface area (TPSA) is 39.2 Å². The minimum Gasteiger partial charge on any atom is -0.494 e. The normalized spacial score (nSPS) is 11.0. The summed E-state index contributed by atoms with van der Waals surface area (Å²) in [5.41, 5.74) is 2.49. The molecule has 0 bridgehead atoms. The molecule has 0 radical (unpaired) electrons. The van der Waals surface area contributed by atoms with Gasteiger partial charge in [-0.15, -0.1) is 0 Å². The Kier molecular flexibility index (Phi) is 4.48. The highest BCUT2D eigenvalue weighted by molar-refractivity contribution is 6.07. The van der Waals surface area contributed by atoms with E-state index in [4.69, 9.17) is 4.74 Å². The van der Waals surface area contributed by atoms with Crippen molar-refractivity contribution in [3.05, 3.63) is 78.0 Å². The van der Waals surface area contributed by atoms with Gasteiger partial charge >= 0.3 is 0 Å². The second kappa shape index (κ2) is 6.88. The van der Waals surface area contributed by atoms with Crippen molar-refractivity contribution < 1.29 is 9.53 Å². The van der Waals surface area contributed by atoms with Crippen molar-refractivity contribution in [2.45, 2.75) is 6.92 Å². The van der Waals surface area contributed by atoms with E-state index in [1.807, 2.05) is 49.4 Å². The quantitative estimate of drug-likeness (QED) is 0.513. The molecule has 0 fully saturated rings. The zero-order valence-corrected chi connectivity index (χ0v) is 12.9. The van der Waals surface area contributed by atoms with Crippen LogP contribution in [0.15, 0.2) is 66.9 Å². The number of benzene rings is 2. The third-order valence-electron chi connectivity index (χ3n) is 3.49. The van der Waals surface area contributed by atoms with Crippen LogP contribution in [0.2, 0.25) is 0 Å². The van der Waals surface area contributed by atoms with E-state index >= 15 is 0 Å². The summed E-state index contributed by atoms with van der Waals surface area (Å²) in [7, 11) is 0. The number of allylic oxidation sites excluding steroid dienone is 1. The van der Waals surface area contributed by atoms with Gasteiger partial charge in [-0.1, -0.05) is 18.2 Å². The molecule has 3 rings (SSSR count). The van der Waals surface area contributed by atoms with Crippen LogP contribution in [0, 0.1) is 0 Å². The molecule has 1 heterocycles. The lowest BCUT2D eigenvalue weighted by Crippen LogP contribution is -1.95. The summed E-state index contributed by atoms with van der Waals surface area (Å²) in [6, 6.07) is 17.1. The van der Waals surface area contributed by atoms with E-state index < -0.39 is 0 Å². The molecule has 0 atom stereocenters. The Balaban J connectivity index is 1.76. The molecule has 0 saturated carbocycles. The second-order valence-corrected chi connectivity index (χ2v) is 5.12.